The van der Waals surface area contributed by atoms with E-state index in [4.69, 9.17) is 8.83 Å². The molecule has 0 saturated heterocycles. The van der Waals surface area contributed by atoms with E-state index in [0.29, 0.717) is 0 Å². The Balaban J connectivity index is 0.972. The first-order valence-corrected chi connectivity index (χ1v) is 19.6. The maximum Gasteiger partial charge on any atom is 0.135 e. The monoisotopic (exact) mass is 744 g/mol. The van der Waals surface area contributed by atoms with Gasteiger partial charge in [-0.05, 0) is 138 Å². The Kier molecular flexibility index (Phi) is 8.11. The van der Waals surface area contributed by atoms with E-state index < -0.39 is 0 Å². The number of para-hydroxylation sites is 4. The second kappa shape index (κ2) is 14.0. The van der Waals surface area contributed by atoms with Gasteiger partial charge in [-0.3, -0.25) is 0 Å². The molecule has 58 heavy (non-hydrogen) atoms. The Morgan fingerprint density at radius 1 is 0.224 bits per heavy atom. The first-order valence-electron chi connectivity index (χ1n) is 19.6. The molecular formula is C54H36N2O2. The summed E-state index contributed by atoms with van der Waals surface area (Å²) in [5.74, 6) is 0. The van der Waals surface area contributed by atoms with Crippen LogP contribution in [0.3, 0.4) is 0 Å². The fourth-order valence-electron chi connectivity index (χ4n) is 8.25. The molecule has 0 unspecified atom stereocenters. The van der Waals surface area contributed by atoms with Crippen LogP contribution in [0.4, 0.5) is 34.1 Å². The summed E-state index contributed by atoms with van der Waals surface area (Å²) < 4.78 is 12.8. The molecule has 0 atom stereocenters. The van der Waals surface area contributed by atoms with Crippen LogP contribution in [0.2, 0.25) is 0 Å². The zero-order valence-electron chi connectivity index (χ0n) is 31.5. The first-order chi connectivity index (χ1) is 28.7. The Morgan fingerprint density at radius 2 is 0.534 bits per heavy atom. The van der Waals surface area contributed by atoms with Gasteiger partial charge in [-0.25, -0.2) is 0 Å². The Labute approximate surface area is 336 Å². The summed E-state index contributed by atoms with van der Waals surface area (Å²) in [6, 6.07) is 76.8. The summed E-state index contributed by atoms with van der Waals surface area (Å²) in [6.45, 7) is 0. The SMILES string of the molecule is c1ccc(N(c2ccccc2)c2ccc3oc4ccc(-c5cccc(-c6ccc7oc8ccc(N(c9ccccc9)c9ccccc9)cc8c7c6)c5)cc4c3c2)cc1. The Bertz CT molecular complexity index is 2930. The lowest BCUT2D eigenvalue weighted by atomic mass is 9.97. The average Bonchev–Trinajstić information content (AvgIpc) is 3.85. The standard InChI is InChI=1S/C54H36N2O2/c1-5-16-41(17-6-1)55(42-18-7-2-8-19-42)45-26-30-53-49(35-45)47-33-39(24-28-51(47)57-53)37-14-13-15-38(32-37)40-25-29-52-48(34-40)50-36-46(27-31-54(50)58-52)56(43-20-9-3-10-21-43)44-22-11-4-12-23-44/h1-36H. The van der Waals surface area contributed by atoms with Gasteiger partial charge in [0.1, 0.15) is 22.3 Å². The molecule has 0 aliphatic carbocycles. The lowest BCUT2D eigenvalue weighted by Gasteiger charge is -2.25. The minimum Gasteiger partial charge on any atom is -0.456 e. The van der Waals surface area contributed by atoms with Gasteiger partial charge in [-0.15, -0.1) is 0 Å². The zero-order chi connectivity index (χ0) is 38.4. The van der Waals surface area contributed by atoms with E-state index in [9.17, 15) is 0 Å². The average molecular weight is 745 g/mol. The van der Waals surface area contributed by atoms with Crippen LogP contribution in [-0.4, -0.2) is 0 Å². The predicted octanol–water partition coefficient (Wildman–Crippen LogP) is 15.8. The highest BCUT2D eigenvalue weighted by molar-refractivity contribution is 6.09. The van der Waals surface area contributed by atoms with Crippen LogP contribution >= 0.6 is 0 Å². The van der Waals surface area contributed by atoms with Crippen molar-refractivity contribution in [3.63, 3.8) is 0 Å². The van der Waals surface area contributed by atoms with Crippen LogP contribution < -0.4 is 9.80 Å². The quantitative estimate of drug-likeness (QED) is 0.155. The normalized spacial score (nSPS) is 11.4. The molecule has 11 rings (SSSR count). The van der Waals surface area contributed by atoms with Crippen molar-refractivity contribution in [2.75, 3.05) is 9.80 Å². The van der Waals surface area contributed by atoms with Crippen molar-refractivity contribution in [3.05, 3.63) is 218 Å². The van der Waals surface area contributed by atoms with Crippen LogP contribution in [0.25, 0.3) is 66.1 Å². The molecule has 11 aromatic rings. The van der Waals surface area contributed by atoms with Crippen molar-refractivity contribution in [1.29, 1.82) is 0 Å². The van der Waals surface area contributed by atoms with Crippen LogP contribution in [0.1, 0.15) is 0 Å². The lowest BCUT2D eigenvalue weighted by molar-refractivity contribution is 0.668. The molecule has 0 N–H and O–H groups in total. The second-order valence-corrected chi connectivity index (χ2v) is 14.6. The van der Waals surface area contributed by atoms with Crippen molar-refractivity contribution < 1.29 is 8.83 Å². The number of fused-ring (bicyclic) bond motifs is 6. The summed E-state index contributed by atoms with van der Waals surface area (Å²) in [4.78, 5) is 4.57. The molecule has 0 bridgehead atoms. The number of hydrogen-bond donors (Lipinski definition) is 0. The van der Waals surface area contributed by atoms with Gasteiger partial charge in [0.15, 0.2) is 0 Å². The van der Waals surface area contributed by atoms with Crippen molar-refractivity contribution in [2.24, 2.45) is 0 Å². The third-order valence-electron chi connectivity index (χ3n) is 11.0. The van der Waals surface area contributed by atoms with E-state index in [0.717, 1.165) is 100 Å². The maximum atomic E-state index is 6.39. The van der Waals surface area contributed by atoms with Crippen LogP contribution in [0, 0.1) is 0 Å². The molecule has 0 spiro atoms. The number of benzene rings is 9. The number of furan rings is 2. The zero-order valence-corrected chi connectivity index (χ0v) is 31.5. The van der Waals surface area contributed by atoms with E-state index in [1.54, 1.807) is 0 Å². The van der Waals surface area contributed by atoms with Crippen molar-refractivity contribution >= 4 is 78.0 Å². The third-order valence-corrected chi connectivity index (χ3v) is 11.0. The molecule has 0 aliphatic rings. The number of anilines is 6. The van der Waals surface area contributed by atoms with Gasteiger partial charge in [0.25, 0.3) is 0 Å². The van der Waals surface area contributed by atoms with Gasteiger partial charge in [0.05, 0.1) is 0 Å². The number of rotatable bonds is 8. The highest BCUT2D eigenvalue weighted by atomic mass is 16.3. The summed E-state index contributed by atoms with van der Waals surface area (Å²) in [5, 5.41) is 4.33. The summed E-state index contributed by atoms with van der Waals surface area (Å²) in [6.07, 6.45) is 0. The molecule has 4 heteroatoms. The molecule has 0 fully saturated rings. The lowest BCUT2D eigenvalue weighted by Crippen LogP contribution is -2.09. The van der Waals surface area contributed by atoms with Crippen LogP contribution in [0.15, 0.2) is 227 Å². The molecule has 0 radical (unpaired) electrons. The van der Waals surface area contributed by atoms with Gasteiger partial charge in [0.2, 0.25) is 0 Å². The molecule has 2 heterocycles. The van der Waals surface area contributed by atoms with Gasteiger partial charge < -0.3 is 18.6 Å². The van der Waals surface area contributed by atoms with E-state index in [1.165, 1.54) is 0 Å². The van der Waals surface area contributed by atoms with Crippen molar-refractivity contribution in [3.8, 4) is 22.3 Å². The fraction of sp³-hybridized carbons (Fsp3) is 0. The van der Waals surface area contributed by atoms with Gasteiger partial charge >= 0.3 is 0 Å². The third kappa shape index (κ3) is 5.96. The van der Waals surface area contributed by atoms with Gasteiger partial charge in [-0.1, -0.05) is 103 Å². The first kappa shape index (κ1) is 33.5. The van der Waals surface area contributed by atoms with Gasteiger partial charge in [-0.2, -0.15) is 0 Å². The topological polar surface area (TPSA) is 32.8 Å². The van der Waals surface area contributed by atoms with Crippen LogP contribution in [0.5, 0.6) is 0 Å². The van der Waals surface area contributed by atoms with E-state index >= 15 is 0 Å². The minimum absolute atomic E-state index is 0.866. The Hall–Kier alpha value is -7.82. The maximum absolute atomic E-state index is 6.39. The molecule has 9 aromatic carbocycles. The number of hydrogen-bond acceptors (Lipinski definition) is 4. The molecular weight excluding hydrogens is 709 g/mol. The van der Waals surface area contributed by atoms with Crippen molar-refractivity contribution in [1.82, 2.24) is 0 Å². The van der Waals surface area contributed by atoms with Crippen molar-refractivity contribution in [2.45, 2.75) is 0 Å². The van der Waals surface area contributed by atoms with E-state index in [2.05, 4.69) is 228 Å². The van der Waals surface area contributed by atoms with Gasteiger partial charge in [0, 0.05) is 55.7 Å². The molecule has 0 amide bonds. The molecule has 2 aromatic heterocycles. The minimum atomic E-state index is 0.866. The summed E-state index contributed by atoms with van der Waals surface area (Å²) in [7, 11) is 0. The highest BCUT2D eigenvalue weighted by Crippen LogP contribution is 2.42. The van der Waals surface area contributed by atoms with E-state index in [-0.39, 0.29) is 0 Å². The Morgan fingerprint density at radius 3 is 0.897 bits per heavy atom. The molecule has 4 nitrogen and oxygen atoms in total. The largest absolute Gasteiger partial charge is 0.456 e. The summed E-state index contributed by atoms with van der Waals surface area (Å²) >= 11 is 0. The second-order valence-electron chi connectivity index (χ2n) is 14.6. The summed E-state index contributed by atoms with van der Waals surface area (Å²) in [5.41, 5.74) is 14.5. The fourth-order valence-corrected chi connectivity index (χ4v) is 8.25. The predicted molar refractivity (Wildman–Crippen MR) is 241 cm³/mol. The number of nitrogens with zero attached hydrogens (tertiary/aromatic N) is 2. The van der Waals surface area contributed by atoms with E-state index in [1.807, 2.05) is 0 Å². The molecule has 274 valence electrons. The highest BCUT2D eigenvalue weighted by Gasteiger charge is 2.18. The smallest absolute Gasteiger partial charge is 0.135 e. The molecule has 0 saturated carbocycles. The molecule has 0 aliphatic heterocycles. The van der Waals surface area contributed by atoms with Crippen LogP contribution in [-0.2, 0) is 0 Å².